The molecule has 0 saturated carbocycles. The number of nitrogens with zero attached hydrogens (tertiary/aromatic N) is 1. The Morgan fingerprint density at radius 1 is 0.682 bits per heavy atom. The smallest absolute Gasteiger partial charge is 0.386 e. The van der Waals surface area contributed by atoms with Crippen LogP contribution in [0, 0.1) is 0 Å². The number of hydrogen-bond donors (Lipinski definition) is 0. The van der Waals surface area contributed by atoms with Crippen LogP contribution in [0.5, 0.6) is 0 Å². The summed E-state index contributed by atoms with van der Waals surface area (Å²) in [5.74, 6) is 0. The van der Waals surface area contributed by atoms with Crippen molar-refractivity contribution in [2.45, 2.75) is 46.7 Å². The largest absolute Gasteiger partial charge is 0.500 e. The van der Waals surface area contributed by atoms with E-state index in [0.29, 0.717) is 25.9 Å². The fourth-order valence-electron chi connectivity index (χ4n) is 2.72. The maximum absolute atomic E-state index is 5.93. The molecular formula is C14H35NO5Si2. The summed E-state index contributed by atoms with van der Waals surface area (Å²) in [6.07, 6.45) is 0. The van der Waals surface area contributed by atoms with Crippen molar-refractivity contribution in [3.63, 3.8) is 0 Å². The van der Waals surface area contributed by atoms with Gasteiger partial charge in [0.2, 0.25) is 0 Å². The van der Waals surface area contributed by atoms with Gasteiger partial charge in [-0.15, -0.1) is 0 Å². The Balaban J connectivity index is 5.16. The molecule has 8 heteroatoms. The van der Waals surface area contributed by atoms with Crippen LogP contribution >= 0.6 is 0 Å². The number of hydrogen-bond acceptors (Lipinski definition) is 6. The van der Waals surface area contributed by atoms with Crippen LogP contribution in [0.25, 0.3) is 0 Å². The van der Waals surface area contributed by atoms with Gasteiger partial charge in [0.15, 0.2) is 0 Å². The average molecular weight is 354 g/mol. The molecule has 0 aromatic rings. The third-order valence-corrected chi connectivity index (χ3v) is 11.0. The Hall–Kier alpha value is 0.194. The summed E-state index contributed by atoms with van der Waals surface area (Å²) < 4.78 is 31.8. The molecule has 22 heavy (non-hydrogen) atoms. The lowest BCUT2D eigenvalue weighted by molar-refractivity contribution is 0.0706. The molecule has 0 heterocycles. The highest BCUT2D eigenvalue weighted by atomic mass is 28.4. The lowest BCUT2D eigenvalue weighted by Crippen LogP contribution is -2.59. The first-order valence-electron chi connectivity index (χ1n) is 8.30. The minimum absolute atomic E-state index is 0.589. The van der Waals surface area contributed by atoms with E-state index >= 15 is 0 Å². The van der Waals surface area contributed by atoms with Gasteiger partial charge in [-0.3, -0.25) is 4.57 Å². The van der Waals surface area contributed by atoms with Crippen LogP contribution < -0.4 is 0 Å². The van der Waals surface area contributed by atoms with Gasteiger partial charge < -0.3 is 22.1 Å². The van der Waals surface area contributed by atoms with Gasteiger partial charge in [-0.25, -0.2) is 0 Å². The summed E-state index contributed by atoms with van der Waals surface area (Å²) in [7, 11) is -1.63. The molecule has 0 bridgehead atoms. The molecule has 0 unspecified atom stereocenters. The van der Waals surface area contributed by atoms with Gasteiger partial charge in [-0.2, -0.15) is 0 Å². The molecule has 0 aromatic heterocycles. The van der Waals surface area contributed by atoms with Crippen molar-refractivity contribution in [2.24, 2.45) is 0 Å². The molecule has 0 spiro atoms. The third-order valence-electron chi connectivity index (χ3n) is 3.72. The van der Waals surface area contributed by atoms with E-state index in [-0.39, 0.29) is 0 Å². The first kappa shape index (κ1) is 22.2. The van der Waals surface area contributed by atoms with Crippen LogP contribution in [-0.4, -0.2) is 69.2 Å². The first-order chi connectivity index (χ1) is 10.5. The van der Waals surface area contributed by atoms with Crippen molar-refractivity contribution in [1.82, 2.24) is 4.57 Å². The summed E-state index contributed by atoms with van der Waals surface area (Å²) in [5, 5.41) is 0. The zero-order valence-corrected chi connectivity index (χ0v) is 17.4. The summed E-state index contributed by atoms with van der Waals surface area (Å²) in [4.78, 5) is 0. The van der Waals surface area contributed by atoms with E-state index in [4.69, 9.17) is 22.1 Å². The van der Waals surface area contributed by atoms with Crippen LogP contribution in [0.3, 0.4) is 0 Å². The molecule has 0 aliphatic carbocycles. The first-order valence-corrected chi connectivity index (χ1v) is 12.2. The van der Waals surface area contributed by atoms with Crippen LogP contribution in [0.1, 0.15) is 34.6 Å². The predicted molar refractivity (Wildman–Crippen MR) is 92.9 cm³/mol. The van der Waals surface area contributed by atoms with Crippen molar-refractivity contribution in [3.8, 4) is 0 Å². The molecule has 0 aromatic carbocycles. The molecular weight excluding hydrogens is 318 g/mol. The minimum Gasteiger partial charge on any atom is -0.386 e. The second-order valence-corrected chi connectivity index (χ2v) is 10.9. The molecule has 0 atom stereocenters. The van der Waals surface area contributed by atoms with Gasteiger partial charge in [0, 0.05) is 46.1 Å². The molecule has 0 N–H and O–H groups in total. The highest BCUT2D eigenvalue weighted by Crippen LogP contribution is 2.26. The Bertz CT molecular complexity index is 259. The Morgan fingerprint density at radius 3 is 1.36 bits per heavy atom. The van der Waals surface area contributed by atoms with E-state index < -0.39 is 17.5 Å². The van der Waals surface area contributed by atoms with Gasteiger partial charge in [-0.05, 0) is 33.9 Å². The fraction of sp³-hybridized carbons (Fsp3) is 1.00. The molecule has 6 nitrogen and oxygen atoms in total. The molecule has 0 aliphatic rings. The van der Waals surface area contributed by atoms with Gasteiger partial charge in [0.1, 0.15) is 0 Å². The van der Waals surface area contributed by atoms with Crippen molar-refractivity contribution >= 4 is 17.5 Å². The summed E-state index contributed by atoms with van der Waals surface area (Å²) in [6, 6.07) is 1.49. The SMILES string of the molecule is CCO[Si](CC[Si](OC)(OC)N(CC)CC)(OCC)OCC. The van der Waals surface area contributed by atoms with E-state index in [1.807, 2.05) is 20.8 Å². The van der Waals surface area contributed by atoms with E-state index in [1.54, 1.807) is 14.2 Å². The molecule has 0 amide bonds. The van der Waals surface area contributed by atoms with E-state index in [0.717, 1.165) is 19.1 Å². The summed E-state index contributed by atoms with van der Waals surface area (Å²) >= 11 is 0. The lowest BCUT2D eigenvalue weighted by atomic mass is 10.7. The molecule has 134 valence electrons. The highest BCUT2D eigenvalue weighted by Gasteiger charge is 2.48. The Morgan fingerprint density at radius 2 is 1.09 bits per heavy atom. The summed E-state index contributed by atoms with van der Waals surface area (Å²) in [5.41, 5.74) is 0. The van der Waals surface area contributed by atoms with Gasteiger partial charge >= 0.3 is 17.5 Å². The minimum atomic E-state index is -2.66. The third kappa shape index (κ3) is 6.01. The zero-order valence-electron chi connectivity index (χ0n) is 15.4. The molecule has 0 aliphatic heterocycles. The molecule has 0 fully saturated rings. The topological polar surface area (TPSA) is 49.4 Å². The molecule has 0 rings (SSSR count). The van der Waals surface area contributed by atoms with Gasteiger partial charge in [0.05, 0.1) is 0 Å². The maximum Gasteiger partial charge on any atom is 0.500 e. The van der Waals surface area contributed by atoms with Crippen molar-refractivity contribution < 1.29 is 22.1 Å². The maximum atomic E-state index is 5.93. The second kappa shape index (κ2) is 11.7. The number of rotatable bonds is 14. The average Bonchev–Trinajstić information content (AvgIpc) is 2.52. The van der Waals surface area contributed by atoms with E-state index in [2.05, 4.69) is 18.4 Å². The monoisotopic (exact) mass is 353 g/mol. The van der Waals surface area contributed by atoms with Gasteiger partial charge in [-0.1, -0.05) is 13.8 Å². The standard InChI is InChI=1S/C14H35NO5Si2/c1-8-15(9-2)21(16-6,17-7)13-14-22(18-10-3,19-11-4)20-12-5/h8-14H2,1-7H3. The fourth-order valence-corrected chi connectivity index (χ4v) is 9.58. The van der Waals surface area contributed by atoms with Crippen molar-refractivity contribution in [2.75, 3.05) is 47.1 Å². The van der Waals surface area contributed by atoms with Crippen molar-refractivity contribution in [1.29, 1.82) is 0 Å². The zero-order chi connectivity index (χ0) is 17.1. The highest BCUT2D eigenvalue weighted by molar-refractivity contribution is 6.68. The Kier molecular flexibility index (Phi) is 11.8. The van der Waals surface area contributed by atoms with Crippen molar-refractivity contribution in [3.05, 3.63) is 0 Å². The van der Waals surface area contributed by atoms with Crippen LogP contribution in [0.15, 0.2) is 0 Å². The van der Waals surface area contributed by atoms with Crippen LogP contribution in [0.2, 0.25) is 12.1 Å². The molecule has 0 radical (unpaired) electrons. The Labute approximate surface area is 138 Å². The quantitative estimate of drug-likeness (QED) is 0.447. The van der Waals surface area contributed by atoms with E-state index in [1.165, 1.54) is 0 Å². The van der Waals surface area contributed by atoms with Crippen LogP contribution in [-0.2, 0) is 22.1 Å². The van der Waals surface area contributed by atoms with Crippen LogP contribution in [0.4, 0.5) is 0 Å². The van der Waals surface area contributed by atoms with E-state index in [9.17, 15) is 0 Å². The normalized spacial score (nSPS) is 13.1. The lowest BCUT2D eigenvalue weighted by Gasteiger charge is -2.38. The summed E-state index contributed by atoms with van der Waals surface area (Å²) in [6.45, 7) is 13.7. The van der Waals surface area contributed by atoms with Gasteiger partial charge in [0.25, 0.3) is 0 Å². The predicted octanol–water partition coefficient (Wildman–Crippen LogP) is 2.61. The molecule has 0 saturated heterocycles. The second-order valence-electron chi connectivity index (χ2n) is 4.78.